The summed E-state index contributed by atoms with van der Waals surface area (Å²) in [5, 5.41) is 4.15. The van der Waals surface area contributed by atoms with Gasteiger partial charge in [0.1, 0.15) is 12.4 Å². The number of ether oxygens (including phenoxy) is 5. The molecule has 1 aliphatic rings. The number of nitrogens with zero attached hydrogens (tertiary/aromatic N) is 2. The van der Waals surface area contributed by atoms with E-state index in [-0.39, 0.29) is 24.3 Å². The van der Waals surface area contributed by atoms with Crippen LogP contribution < -0.4 is 29.1 Å². The van der Waals surface area contributed by atoms with Gasteiger partial charge in [0.15, 0.2) is 22.9 Å². The molecule has 2 heterocycles. The van der Waals surface area contributed by atoms with E-state index in [0.717, 1.165) is 32.7 Å². The third-order valence-electron chi connectivity index (χ3n) is 9.14. The van der Waals surface area contributed by atoms with Gasteiger partial charge in [-0.15, -0.1) is 0 Å². The van der Waals surface area contributed by atoms with Crippen LogP contribution in [0.1, 0.15) is 43.5 Å². The van der Waals surface area contributed by atoms with Crippen molar-refractivity contribution in [2.75, 3.05) is 26.9 Å². The van der Waals surface area contributed by atoms with Crippen molar-refractivity contribution < 1.29 is 33.3 Å². The second-order valence-electron chi connectivity index (χ2n) is 12.4. The number of carbonyl (C=O) groups is 2. The van der Waals surface area contributed by atoms with Gasteiger partial charge in [0.05, 0.1) is 42.2 Å². The van der Waals surface area contributed by atoms with E-state index in [0.29, 0.717) is 51.1 Å². The summed E-state index contributed by atoms with van der Waals surface area (Å²) in [4.78, 5) is 45.2. The summed E-state index contributed by atoms with van der Waals surface area (Å²) >= 11 is 1.23. The summed E-state index contributed by atoms with van der Waals surface area (Å²) < 4.78 is 30.3. The zero-order valence-electron chi connectivity index (χ0n) is 30.3. The van der Waals surface area contributed by atoms with Crippen LogP contribution in [0.3, 0.4) is 0 Å². The second-order valence-corrected chi connectivity index (χ2v) is 13.4. The molecule has 54 heavy (non-hydrogen) atoms. The zero-order valence-corrected chi connectivity index (χ0v) is 31.1. The Balaban J connectivity index is 1.36. The van der Waals surface area contributed by atoms with Gasteiger partial charge in [-0.2, -0.15) is 0 Å². The van der Waals surface area contributed by atoms with Crippen LogP contribution >= 0.6 is 11.3 Å². The molecular weight excluding hydrogens is 705 g/mol. The lowest BCUT2D eigenvalue weighted by Crippen LogP contribution is -2.40. The highest BCUT2D eigenvalue weighted by molar-refractivity contribution is 7.07. The molecule has 0 saturated heterocycles. The molecule has 11 heteroatoms. The number of fused-ring (bicyclic) bond motifs is 3. The van der Waals surface area contributed by atoms with Gasteiger partial charge in [-0.1, -0.05) is 90.2 Å². The summed E-state index contributed by atoms with van der Waals surface area (Å²) in [6.07, 6.45) is 1.85. The van der Waals surface area contributed by atoms with Gasteiger partial charge >= 0.3 is 11.9 Å². The quantitative estimate of drug-likeness (QED) is 0.128. The number of methoxy groups -OCH3 is 1. The first-order valence-electron chi connectivity index (χ1n) is 17.6. The van der Waals surface area contributed by atoms with Crippen LogP contribution in [0.25, 0.3) is 27.6 Å². The van der Waals surface area contributed by atoms with Crippen LogP contribution in [0.2, 0.25) is 0 Å². The fourth-order valence-corrected chi connectivity index (χ4v) is 7.67. The Hall–Kier alpha value is -6.20. The van der Waals surface area contributed by atoms with Crippen LogP contribution in [-0.2, 0) is 25.7 Å². The second kappa shape index (κ2) is 15.8. The fourth-order valence-electron chi connectivity index (χ4n) is 6.64. The maximum atomic E-state index is 14.7. The average molecular weight is 743 g/mol. The number of allylic oxidation sites excluding steroid dienone is 1. The molecule has 5 aromatic carbocycles. The van der Waals surface area contributed by atoms with E-state index in [2.05, 4.69) is 24.3 Å². The van der Waals surface area contributed by atoms with Crippen molar-refractivity contribution in [2.24, 2.45) is 4.99 Å². The van der Waals surface area contributed by atoms with E-state index in [9.17, 15) is 14.4 Å². The molecule has 0 amide bonds. The highest BCUT2D eigenvalue weighted by Crippen LogP contribution is 2.37. The molecule has 0 N–H and O–H groups in total. The predicted octanol–water partition coefficient (Wildman–Crippen LogP) is 6.63. The SMILES string of the molecule is CCOC(=O)C1=C(C)N=c2s/c(=C/c3c(OCc4cccc5ccccc45)ccc4ccccc34)c(=O)n2[C@@H]1c1ccc(OCC(=O)OC)c(OCC)c1. The average Bonchev–Trinajstić information content (AvgIpc) is 3.49. The Morgan fingerprint density at radius 1 is 0.815 bits per heavy atom. The Labute approximate surface area is 315 Å². The first kappa shape index (κ1) is 36.2. The molecule has 0 bridgehead atoms. The monoisotopic (exact) mass is 742 g/mol. The van der Waals surface area contributed by atoms with E-state index >= 15 is 0 Å². The Kier molecular flexibility index (Phi) is 10.6. The van der Waals surface area contributed by atoms with Gasteiger partial charge in [-0.25, -0.2) is 14.6 Å². The largest absolute Gasteiger partial charge is 0.490 e. The summed E-state index contributed by atoms with van der Waals surface area (Å²) in [6, 6.07) is 30.4. The third-order valence-corrected chi connectivity index (χ3v) is 10.1. The Morgan fingerprint density at radius 2 is 1.54 bits per heavy atom. The number of aromatic nitrogens is 1. The minimum absolute atomic E-state index is 0.139. The smallest absolute Gasteiger partial charge is 0.343 e. The molecule has 0 fully saturated rings. The molecule has 0 spiro atoms. The maximum Gasteiger partial charge on any atom is 0.343 e. The minimum atomic E-state index is -0.897. The van der Waals surface area contributed by atoms with E-state index in [1.807, 2.05) is 67.6 Å². The molecule has 274 valence electrons. The number of rotatable bonds is 12. The molecule has 7 rings (SSSR count). The van der Waals surface area contributed by atoms with Gasteiger partial charge < -0.3 is 23.7 Å². The van der Waals surface area contributed by atoms with Crippen LogP contribution in [0.4, 0.5) is 0 Å². The van der Waals surface area contributed by atoms with E-state index in [4.69, 9.17) is 28.7 Å². The topological polar surface area (TPSA) is 115 Å². The molecule has 0 aliphatic carbocycles. The Morgan fingerprint density at radius 3 is 2.30 bits per heavy atom. The third kappa shape index (κ3) is 7.10. The molecule has 6 aromatic rings. The number of esters is 2. The van der Waals surface area contributed by atoms with Gasteiger partial charge in [0, 0.05) is 5.56 Å². The highest BCUT2D eigenvalue weighted by atomic mass is 32.1. The maximum absolute atomic E-state index is 14.7. The molecule has 0 radical (unpaired) electrons. The predicted molar refractivity (Wildman–Crippen MR) is 208 cm³/mol. The summed E-state index contributed by atoms with van der Waals surface area (Å²) in [5.74, 6) is 0.132. The lowest BCUT2D eigenvalue weighted by atomic mass is 9.95. The van der Waals surface area contributed by atoms with Crippen LogP contribution in [-0.4, -0.2) is 43.4 Å². The summed E-state index contributed by atoms with van der Waals surface area (Å²) in [5.41, 5.74) is 2.68. The van der Waals surface area contributed by atoms with Crippen molar-refractivity contribution in [1.29, 1.82) is 0 Å². The van der Waals surface area contributed by atoms with Gasteiger partial charge in [0.2, 0.25) is 0 Å². The van der Waals surface area contributed by atoms with Crippen molar-refractivity contribution in [3.8, 4) is 17.2 Å². The number of thiazole rings is 1. The highest BCUT2D eigenvalue weighted by Gasteiger charge is 2.34. The fraction of sp³-hybridized carbons (Fsp3) is 0.209. The van der Waals surface area contributed by atoms with E-state index in [1.165, 1.54) is 23.0 Å². The van der Waals surface area contributed by atoms with Crippen molar-refractivity contribution in [1.82, 2.24) is 4.57 Å². The van der Waals surface area contributed by atoms with Gasteiger partial charge in [-0.05, 0) is 77.7 Å². The Bertz CT molecular complexity index is 2620. The molecule has 0 unspecified atom stereocenters. The first-order valence-corrected chi connectivity index (χ1v) is 18.4. The van der Waals surface area contributed by atoms with Crippen LogP contribution in [0, 0.1) is 0 Å². The van der Waals surface area contributed by atoms with Crippen LogP contribution in [0.5, 0.6) is 17.2 Å². The summed E-state index contributed by atoms with van der Waals surface area (Å²) in [7, 11) is 1.28. The molecule has 1 atom stereocenters. The first-order chi connectivity index (χ1) is 26.3. The van der Waals surface area contributed by atoms with Crippen molar-refractivity contribution >= 4 is 50.9 Å². The summed E-state index contributed by atoms with van der Waals surface area (Å²) in [6.45, 7) is 5.73. The standard InChI is InChI=1S/C43H38N2O8S/c1-5-50-36-22-29(19-21-35(36)53-25-38(46)49-4)40-39(42(48)51-6-2)26(3)44-43-45(40)41(47)37(54-43)23-33-32-17-10-8-13-28(32)18-20-34(33)52-24-30-15-11-14-27-12-7-9-16-31(27)30/h7-23,40H,5-6,24-25H2,1-4H3/b37-23+/t40-/m1/s1. The minimum Gasteiger partial charge on any atom is -0.490 e. The van der Waals surface area contributed by atoms with Gasteiger partial charge in [-0.3, -0.25) is 9.36 Å². The zero-order chi connectivity index (χ0) is 37.8. The van der Waals surface area contributed by atoms with E-state index < -0.39 is 18.0 Å². The molecule has 1 aliphatic heterocycles. The van der Waals surface area contributed by atoms with Crippen LogP contribution in [0.15, 0.2) is 118 Å². The molecule has 10 nitrogen and oxygen atoms in total. The number of hydrogen-bond donors (Lipinski definition) is 0. The number of hydrogen-bond acceptors (Lipinski definition) is 10. The van der Waals surface area contributed by atoms with Crippen molar-refractivity contribution in [2.45, 2.75) is 33.4 Å². The molecule has 0 saturated carbocycles. The van der Waals surface area contributed by atoms with Crippen molar-refractivity contribution in [3.63, 3.8) is 0 Å². The van der Waals surface area contributed by atoms with Crippen molar-refractivity contribution in [3.05, 3.63) is 145 Å². The number of carbonyl (C=O) groups excluding carboxylic acids is 2. The molecular formula is C43H38N2O8S. The van der Waals surface area contributed by atoms with Gasteiger partial charge in [0.25, 0.3) is 5.56 Å². The lowest BCUT2D eigenvalue weighted by Gasteiger charge is -2.25. The van der Waals surface area contributed by atoms with E-state index in [1.54, 1.807) is 32.0 Å². The normalized spacial score (nSPS) is 14.1. The molecule has 1 aromatic heterocycles. The number of benzene rings is 5. The lowest BCUT2D eigenvalue weighted by molar-refractivity contribution is -0.143.